The van der Waals surface area contributed by atoms with Crippen molar-refractivity contribution in [2.24, 2.45) is 0 Å². The average molecular weight is 385 g/mol. The summed E-state index contributed by atoms with van der Waals surface area (Å²) in [4.78, 5) is 0. The van der Waals surface area contributed by atoms with Gasteiger partial charge in [-0.3, -0.25) is 0 Å². The quantitative estimate of drug-likeness (QED) is 0.210. The Kier molecular flexibility index (Phi) is 14.6. The first-order valence-corrected chi connectivity index (χ1v) is 12.1. The Labute approximate surface area is 165 Å². The minimum absolute atomic E-state index is 0.899. The summed E-state index contributed by atoms with van der Waals surface area (Å²) in [5, 5.41) is 0.899. The van der Waals surface area contributed by atoms with Gasteiger partial charge in [0.2, 0.25) is 0 Å². The summed E-state index contributed by atoms with van der Waals surface area (Å²) in [7, 11) is 0. The second-order valence-electron chi connectivity index (χ2n) is 7.11. The molecule has 3 heteroatoms. The summed E-state index contributed by atoms with van der Waals surface area (Å²) >= 11 is 8.28. The highest BCUT2D eigenvalue weighted by atomic mass is 35.5. The molecule has 0 aromatic carbocycles. The van der Waals surface area contributed by atoms with Crippen LogP contribution in [0, 0.1) is 0 Å². The second kappa shape index (κ2) is 16.0. The third kappa shape index (κ3) is 11.9. The Morgan fingerprint density at radius 3 is 1.92 bits per heavy atom. The summed E-state index contributed by atoms with van der Waals surface area (Å²) in [6, 6.07) is 2.15. The Morgan fingerprint density at radius 1 is 0.840 bits per heavy atom. The molecule has 144 valence electrons. The average Bonchev–Trinajstić information content (AvgIpc) is 2.62. The van der Waals surface area contributed by atoms with Gasteiger partial charge in [-0.1, -0.05) is 108 Å². The minimum Gasteiger partial charge on any atom is -0.194 e. The number of pyridine rings is 1. The molecule has 0 aliphatic rings. The fourth-order valence-electron chi connectivity index (χ4n) is 3.12. The smallest absolute Gasteiger partial charge is 0.194 e. The lowest BCUT2D eigenvalue weighted by Gasteiger charge is -2.03. The number of unbranched alkanes of at least 4 members (excludes halogenated alkanes) is 11. The van der Waals surface area contributed by atoms with Crippen LogP contribution in [0.25, 0.3) is 0 Å². The molecule has 0 N–H and O–H groups in total. The van der Waals surface area contributed by atoms with E-state index < -0.39 is 0 Å². The molecule has 25 heavy (non-hydrogen) atoms. The van der Waals surface area contributed by atoms with Gasteiger partial charge in [0.05, 0.1) is 0 Å². The normalized spacial score (nSPS) is 11.2. The van der Waals surface area contributed by atoms with Crippen LogP contribution in [0.3, 0.4) is 0 Å². The van der Waals surface area contributed by atoms with Gasteiger partial charge in [0.25, 0.3) is 0 Å². The van der Waals surface area contributed by atoms with Crippen molar-refractivity contribution < 1.29 is 4.57 Å². The van der Waals surface area contributed by atoms with E-state index in [-0.39, 0.29) is 0 Å². The Morgan fingerprint density at radius 2 is 1.40 bits per heavy atom. The Hall–Kier alpha value is -0.210. The van der Waals surface area contributed by atoms with Crippen molar-refractivity contribution >= 4 is 23.4 Å². The van der Waals surface area contributed by atoms with E-state index in [4.69, 9.17) is 11.6 Å². The van der Waals surface area contributed by atoms with Crippen LogP contribution in [-0.2, 0) is 12.3 Å². The molecular formula is C22H39ClNS+. The van der Waals surface area contributed by atoms with Crippen LogP contribution in [0.5, 0.6) is 0 Å². The largest absolute Gasteiger partial charge is 0.194 e. The lowest BCUT2D eigenvalue weighted by Crippen LogP contribution is -2.31. The summed E-state index contributed by atoms with van der Waals surface area (Å²) in [5.74, 6) is 2.28. The standard InChI is InChI=1S/C22H39ClNS/c1-3-5-6-7-8-9-10-11-12-13-14-15-18-25-20-24-17-16-21(4-2)22(23)19-24/h16-17,19H,3-15,18,20H2,1-2H3/q+1. The lowest BCUT2D eigenvalue weighted by molar-refractivity contribution is -0.675. The highest BCUT2D eigenvalue weighted by molar-refractivity contribution is 7.98. The molecule has 1 heterocycles. The molecule has 0 saturated heterocycles. The molecular weight excluding hydrogens is 346 g/mol. The van der Waals surface area contributed by atoms with E-state index in [1.165, 1.54) is 88.4 Å². The molecule has 0 aliphatic carbocycles. The molecule has 0 unspecified atom stereocenters. The zero-order valence-corrected chi connectivity index (χ0v) is 18.1. The van der Waals surface area contributed by atoms with Gasteiger partial charge in [0.15, 0.2) is 18.3 Å². The summed E-state index contributed by atoms with van der Waals surface area (Å²) in [6.07, 6.45) is 22.3. The van der Waals surface area contributed by atoms with Crippen molar-refractivity contribution in [1.29, 1.82) is 0 Å². The van der Waals surface area contributed by atoms with Gasteiger partial charge in [0, 0.05) is 6.07 Å². The number of hydrogen-bond donors (Lipinski definition) is 0. The van der Waals surface area contributed by atoms with Gasteiger partial charge in [-0.25, -0.2) is 0 Å². The molecule has 1 aromatic heterocycles. The Balaban J connectivity index is 1.87. The van der Waals surface area contributed by atoms with Gasteiger partial charge in [0.1, 0.15) is 5.02 Å². The van der Waals surface area contributed by atoms with Crippen LogP contribution in [0.1, 0.15) is 96.5 Å². The van der Waals surface area contributed by atoms with Crippen molar-refractivity contribution in [3.05, 3.63) is 29.0 Å². The molecule has 1 aromatic rings. The maximum atomic E-state index is 6.26. The van der Waals surface area contributed by atoms with Crippen molar-refractivity contribution in [3.63, 3.8) is 0 Å². The molecule has 1 rings (SSSR count). The number of rotatable bonds is 16. The van der Waals surface area contributed by atoms with Crippen LogP contribution in [0.4, 0.5) is 0 Å². The molecule has 1 nitrogen and oxygen atoms in total. The zero-order chi connectivity index (χ0) is 18.2. The van der Waals surface area contributed by atoms with Crippen molar-refractivity contribution in [3.8, 4) is 0 Å². The minimum atomic E-state index is 0.899. The van der Waals surface area contributed by atoms with Gasteiger partial charge in [-0.05, 0) is 24.2 Å². The molecule has 0 spiro atoms. The van der Waals surface area contributed by atoms with Crippen LogP contribution < -0.4 is 4.57 Å². The first-order chi connectivity index (χ1) is 12.3. The zero-order valence-electron chi connectivity index (χ0n) is 16.6. The van der Waals surface area contributed by atoms with Gasteiger partial charge < -0.3 is 0 Å². The van der Waals surface area contributed by atoms with E-state index in [2.05, 4.69) is 36.9 Å². The SMILES string of the molecule is CCCCCCCCCCCCCCSC[n+]1ccc(CC)c(Cl)c1. The number of aromatic nitrogens is 1. The fourth-order valence-corrected chi connectivity index (χ4v) is 4.35. The number of nitrogens with zero attached hydrogens (tertiary/aromatic N) is 1. The predicted molar refractivity (Wildman–Crippen MR) is 115 cm³/mol. The molecule has 0 atom stereocenters. The van der Waals surface area contributed by atoms with E-state index in [0.717, 1.165) is 17.3 Å². The number of aryl methyl sites for hydroxylation is 1. The molecule has 0 saturated carbocycles. The summed E-state index contributed by atoms with van der Waals surface area (Å²) < 4.78 is 2.20. The lowest BCUT2D eigenvalue weighted by atomic mass is 10.1. The van der Waals surface area contributed by atoms with Gasteiger partial charge in [-0.2, -0.15) is 4.57 Å². The van der Waals surface area contributed by atoms with E-state index in [0.29, 0.717) is 0 Å². The van der Waals surface area contributed by atoms with Gasteiger partial charge in [-0.15, -0.1) is 0 Å². The summed E-state index contributed by atoms with van der Waals surface area (Å²) in [5.41, 5.74) is 1.24. The van der Waals surface area contributed by atoms with Crippen molar-refractivity contribution in [2.45, 2.75) is 103 Å². The fraction of sp³-hybridized carbons (Fsp3) is 0.773. The second-order valence-corrected chi connectivity index (χ2v) is 8.59. The number of halogens is 1. The van der Waals surface area contributed by atoms with Crippen molar-refractivity contribution in [1.82, 2.24) is 0 Å². The van der Waals surface area contributed by atoms with Gasteiger partial charge >= 0.3 is 0 Å². The van der Waals surface area contributed by atoms with Crippen LogP contribution in [0.15, 0.2) is 18.5 Å². The van der Waals surface area contributed by atoms with E-state index >= 15 is 0 Å². The van der Waals surface area contributed by atoms with Crippen molar-refractivity contribution in [2.75, 3.05) is 5.75 Å². The monoisotopic (exact) mass is 384 g/mol. The van der Waals surface area contributed by atoms with E-state index in [1.807, 2.05) is 11.8 Å². The molecule has 0 radical (unpaired) electrons. The molecule has 0 bridgehead atoms. The Bertz CT molecular complexity index is 436. The third-order valence-corrected chi connectivity index (χ3v) is 6.22. The highest BCUT2D eigenvalue weighted by Crippen LogP contribution is 2.15. The molecule has 0 aliphatic heterocycles. The maximum absolute atomic E-state index is 6.26. The molecule has 0 fully saturated rings. The first kappa shape index (κ1) is 22.8. The van der Waals surface area contributed by atoms with Crippen LogP contribution in [0.2, 0.25) is 5.02 Å². The maximum Gasteiger partial charge on any atom is 0.194 e. The van der Waals surface area contributed by atoms with E-state index in [1.54, 1.807) is 0 Å². The predicted octanol–water partition coefficient (Wildman–Crippen LogP) is 7.58. The summed E-state index contributed by atoms with van der Waals surface area (Å²) in [6.45, 7) is 4.44. The topological polar surface area (TPSA) is 3.88 Å². The third-order valence-electron chi connectivity index (χ3n) is 4.82. The highest BCUT2D eigenvalue weighted by Gasteiger charge is 2.06. The molecule has 0 amide bonds. The first-order valence-electron chi connectivity index (χ1n) is 10.5. The van der Waals surface area contributed by atoms with E-state index in [9.17, 15) is 0 Å². The van der Waals surface area contributed by atoms with Crippen LogP contribution >= 0.6 is 23.4 Å². The van der Waals surface area contributed by atoms with Crippen LogP contribution in [-0.4, -0.2) is 5.75 Å². The number of hydrogen-bond acceptors (Lipinski definition) is 1. The number of thioether (sulfide) groups is 1.